The highest BCUT2D eigenvalue weighted by Gasteiger charge is 2.19. The van der Waals surface area contributed by atoms with Gasteiger partial charge in [-0.15, -0.1) is 0 Å². The van der Waals surface area contributed by atoms with E-state index in [1.54, 1.807) is 12.3 Å². The number of fused-ring (bicyclic) bond motifs is 3. The molecule has 0 aliphatic rings. The third kappa shape index (κ3) is 4.25. The van der Waals surface area contributed by atoms with Gasteiger partial charge in [0.25, 0.3) is 5.91 Å². The van der Waals surface area contributed by atoms with Crippen LogP contribution in [-0.2, 0) is 14.8 Å². The number of primary sulfonamides is 1. The van der Waals surface area contributed by atoms with E-state index in [1.807, 2.05) is 24.3 Å². The standard InChI is InChI=1S/C21H19N5O4S/c1-12(20(27)25-13-6-8-14(9-7-13)31(22,29)30)24-21(28)18-10-16-15-4-2-3-5-17(15)26-19(16)11-23-18/h2-12,26H,1H3,(H,24,28)(H,25,27)(H2,22,29,30). The fraction of sp³-hybridized carbons (Fsp3) is 0.0952. The fourth-order valence-electron chi connectivity index (χ4n) is 3.19. The topological polar surface area (TPSA) is 147 Å². The van der Waals surface area contributed by atoms with Crippen LogP contribution in [0.2, 0.25) is 0 Å². The van der Waals surface area contributed by atoms with Gasteiger partial charge in [0.15, 0.2) is 0 Å². The molecule has 2 aromatic carbocycles. The van der Waals surface area contributed by atoms with Gasteiger partial charge in [0, 0.05) is 22.0 Å². The first-order chi connectivity index (χ1) is 14.7. The third-order valence-electron chi connectivity index (χ3n) is 4.81. The van der Waals surface area contributed by atoms with E-state index >= 15 is 0 Å². The van der Waals surface area contributed by atoms with Crippen molar-refractivity contribution in [3.05, 3.63) is 66.5 Å². The van der Waals surface area contributed by atoms with Crippen molar-refractivity contribution < 1.29 is 18.0 Å². The summed E-state index contributed by atoms with van der Waals surface area (Å²) in [6.45, 7) is 1.54. The summed E-state index contributed by atoms with van der Waals surface area (Å²) < 4.78 is 22.6. The monoisotopic (exact) mass is 437 g/mol. The predicted molar refractivity (Wildman–Crippen MR) is 117 cm³/mol. The number of hydrogen-bond acceptors (Lipinski definition) is 5. The lowest BCUT2D eigenvalue weighted by Crippen LogP contribution is -2.41. The molecule has 1 atom stereocenters. The smallest absolute Gasteiger partial charge is 0.270 e. The van der Waals surface area contributed by atoms with Gasteiger partial charge >= 0.3 is 0 Å². The largest absolute Gasteiger partial charge is 0.353 e. The zero-order valence-electron chi connectivity index (χ0n) is 16.4. The Morgan fingerprint density at radius 1 is 1.03 bits per heavy atom. The number of nitrogens with two attached hydrogens (primary N) is 1. The van der Waals surface area contributed by atoms with E-state index in [4.69, 9.17) is 5.14 Å². The second-order valence-corrected chi connectivity index (χ2v) is 8.60. The zero-order chi connectivity index (χ0) is 22.2. The highest BCUT2D eigenvalue weighted by Crippen LogP contribution is 2.25. The molecule has 4 aromatic rings. The van der Waals surface area contributed by atoms with E-state index in [0.29, 0.717) is 5.69 Å². The van der Waals surface area contributed by atoms with Crippen molar-refractivity contribution >= 4 is 49.3 Å². The molecule has 0 spiro atoms. The molecule has 0 aliphatic carbocycles. The Hall–Kier alpha value is -3.76. The number of aromatic nitrogens is 2. The molecule has 0 fully saturated rings. The highest BCUT2D eigenvalue weighted by atomic mass is 32.2. The molecule has 0 saturated carbocycles. The maximum absolute atomic E-state index is 12.6. The van der Waals surface area contributed by atoms with E-state index in [-0.39, 0.29) is 10.6 Å². The Balaban J connectivity index is 1.46. The summed E-state index contributed by atoms with van der Waals surface area (Å²) in [5.74, 6) is -0.954. The van der Waals surface area contributed by atoms with Crippen LogP contribution in [0.15, 0.2) is 65.7 Å². The second kappa shape index (κ2) is 7.82. The molecule has 1 unspecified atom stereocenters. The van der Waals surface area contributed by atoms with Crippen molar-refractivity contribution in [1.29, 1.82) is 0 Å². The molecule has 2 heterocycles. The number of nitrogens with one attached hydrogen (secondary N) is 3. The SMILES string of the molecule is CC(NC(=O)c1cc2c(cn1)[nH]c1ccccc12)C(=O)Nc1ccc(S(N)(=O)=O)cc1. The lowest BCUT2D eigenvalue weighted by molar-refractivity contribution is -0.117. The van der Waals surface area contributed by atoms with Gasteiger partial charge in [-0.2, -0.15) is 0 Å². The van der Waals surface area contributed by atoms with Gasteiger partial charge in [-0.05, 0) is 43.3 Å². The number of para-hydroxylation sites is 1. The van der Waals surface area contributed by atoms with Gasteiger partial charge in [0.05, 0.1) is 16.6 Å². The first-order valence-electron chi connectivity index (χ1n) is 9.33. The zero-order valence-corrected chi connectivity index (χ0v) is 17.2. The van der Waals surface area contributed by atoms with Gasteiger partial charge in [-0.3, -0.25) is 9.59 Å². The van der Waals surface area contributed by atoms with Crippen LogP contribution in [0.25, 0.3) is 21.8 Å². The molecule has 2 aromatic heterocycles. The summed E-state index contributed by atoms with van der Waals surface area (Å²) in [5, 5.41) is 12.1. The maximum atomic E-state index is 12.6. The molecule has 0 radical (unpaired) electrons. The minimum Gasteiger partial charge on any atom is -0.353 e. The number of carbonyl (C=O) groups excluding carboxylic acids is 2. The fourth-order valence-corrected chi connectivity index (χ4v) is 3.70. The van der Waals surface area contributed by atoms with Crippen LogP contribution >= 0.6 is 0 Å². The Morgan fingerprint density at radius 3 is 2.45 bits per heavy atom. The number of benzene rings is 2. The first-order valence-corrected chi connectivity index (χ1v) is 10.9. The van der Waals surface area contributed by atoms with Crippen LogP contribution in [0, 0.1) is 0 Å². The highest BCUT2D eigenvalue weighted by molar-refractivity contribution is 7.89. The maximum Gasteiger partial charge on any atom is 0.270 e. The molecule has 0 aliphatic heterocycles. The third-order valence-corrected chi connectivity index (χ3v) is 5.74. The van der Waals surface area contributed by atoms with E-state index in [2.05, 4.69) is 20.6 Å². The van der Waals surface area contributed by atoms with Crippen LogP contribution < -0.4 is 15.8 Å². The minimum absolute atomic E-state index is 0.0643. The Bertz CT molecular complexity index is 1410. The van der Waals surface area contributed by atoms with Crippen LogP contribution in [0.1, 0.15) is 17.4 Å². The molecule has 0 saturated heterocycles. The average molecular weight is 437 g/mol. The Labute approximate surface area is 177 Å². The number of sulfonamides is 1. The summed E-state index contributed by atoms with van der Waals surface area (Å²) in [7, 11) is -3.82. The molecule has 5 N–H and O–H groups in total. The average Bonchev–Trinajstić information content (AvgIpc) is 3.11. The number of hydrogen-bond donors (Lipinski definition) is 4. The second-order valence-electron chi connectivity index (χ2n) is 7.04. The first kappa shape index (κ1) is 20.5. The van der Waals surface area contributed by atoms with Gasteiger partial charge in [0.2, 0.25) is 15.9 Å². The molecule has 10 heteroatoms. The Morgan fingerprint density at radius 2 is 1.74 bits per heavy atom. The van der Waals surface area contributed by atoms with Crippen LogP contribution in [-0.4, -0.2) is 36.2 Å². The summed E-state index contributed by atoms with van der Waals surface area (Å²) in [5.41, 5.74) is 2.32. The summed E-state index contributed by atoms with van der Waals surface area (Å²) in [6.07, 6.45) is 1.59. The van der Waals surface area contributed by atoms with Gasteiger partial charge < -0.3 is 15.6 Å². The van der Waals surface area contributed by atoms with E-state index in [0.717, 1.165) is 21.8 Å². The molecule has 158 valence electrons. The molecule has 31 heavy (non-hydrogen) atoms. The van der Waals surface area contributed by atoms with Gasteiger partial charge in [-0.25, -0.2) is 18.5 Å². The number of carbonyl (C=O) groups is 2. The molecule has 0 bridgehead atoms. The quantitative estimate of drug-likeness (QED) is 0.378. The molecular formula is C21H19N5O4S. The summed E-state index contributed by atoms with van der Waals surface area (Å²) in [4.78, 5) is 32.4. The molecular weight excluding hydrogens is 418 g/mol. The van der Waals surface area contributed by atoms with E-state index < -0.39 is 27.9 Å². The van der Waals surface area contributed by atoms with Crippen molar-refractivity contribution in [2.45, 2.75) is 17.9 Å². The number of aromatic amines is 1. The van der Waals surface area contributed by atoms with Crippen LogP contribution in [0.4, 0.5) is 5.69 Å². The lowest BCUT2D eigenvalue weighted by atomic mass is 10.1. The van der Waals surface area contributed by atoms with Crippen molar-refractivity contribution in [2.24, 2.45) is 5.14 Å². The molecule has 9 nitrogen and oxygen atoms in total. The van der Waals surface area contributed by atoms with Crippen molar-refractivity contribution in [3.8, 4) is 0 Å². The van der Waals surface area contributed by atoms with Crippen LogP contribution in [0.5, 0.6) is 0 Å². The van der Waals surface area contributed by atoms with Gasteiger partial charge in [-0.1, -0.05) is 18.2 Å². The number of rotatable bonds is 5. The van der Waals surface area contributed by atoms with Crippen molar-refractivity contribution in [3.63, 3.8) is 0 Å². The number of anilines is 1. The minimum atomic E-state index is -3.82. The summed E-state index contributed by atoms with van der Waals surface area (Å²) >= 11 is 0. The van der Waals surface area contributed by atoms with E-state index in [1.165, 1.54) is 31.2 Å². The van der Waals surface area contributed by atoms with E-state index in [9.17, 15) is 18.0 Å². The number of amides is 2. The number of H-pyrrole nitrogens is 1. The number of pyridine rings is 1. The van der Waals surface area contributed by atoms with Gasteiger partial charge in [0.1, 0.15) is 11.7 Å². The summed E-state index contributed by atoms with van der Waals surface area (Å²) in [6, 6.07) is 14.0. The molecule has 2 amide bonds. The number of nitrogens with zero attached hydrogens (tertiary/aromatic N) is 1. The van der Waals surface area contributed by atoms with Crippen molar-refractivity contribution in [1.82, 2.24) is 15.3 Å². The molecule has 4 rings (SSSR count). The Kier molecular flexibility index (Phi) is 5.17. The predicted octanol–water partition coefficient (Wildman–Crippen LogP) is 2.12. The van der Waals surface area contributed by atoms with Crippen LogP contribution in [0.3, 0.4) is 0 Å². The van der Waals surface area contributed by atoms with Crippen molar-refractivity contribution in [2.75, 3.05) is 5.32 Å². The normalized spacial score (nSPS) is 12.6. The lowest BCUT2D eigenvalue weighted by Gasteiger charge is -2.14.